The first-order valence-corrected chi connectivity index (χ1v) is 8.81. The molecule has 0 fully saturated rings. The minimum absolute atomic E-state index is 0. The van der Waals surface area contributed by atoms with E-state index in [-0.39, 0.29) is 17.0 Å². The van der Waals surface area contributed by atoms with Crippen molar-refractivity contribution in [3.63, 3.8) is 0 Å². The number of rotatable bonds is 3. The third kappa shape index (κ3) is 3.35. The summed E-state index contributed by atoms with van der Waals surface area (Å²) >= 11 is 12.5. The van der Waals surface area contributed by atoms with Crippen molar-refractivity contribution in [2.45, 2.75) is 18.8 Å². The Bertz CT molecular complexity index is 923. The lowest BCUT2D eigenvalue weighted by molar-refractivity contribution is -0.683. The Kier molecular flexibility index (Phi) is 5.58. The molecule has 3 aromatic rings. The van der Waals surface area contributed by atoms with Gasteiger partial charge in [0.05, 0.1) is 16.8 Å². The lowest BCUT2D eigenvalue weighted by atomic mass is 10.0. The summed E-state index contributed by atoms with van der Waals surface area (Å²) in [5, 5.41) is 12.7. The Morgan fingerprint density at radius 1 is 1.00 bits per heavy atom. The third-order valence-electron chi connectivity index (χ3n) is 4.58. The molecule has 6 heteroatoms. The van der Waals surface area contributed by atoms with Crippen LogP contribution < -0.4 is 26.4 Å². The summed E-state index contributed by atoms with van der Waals surface area (Å²) in [6, 6.07) is 21.2. The van der Waals surface area contributed by atoms with Crippen LogP contribution in [0, 0.1) is 0 Å². The monoisotopic (exact) mass is 450 g/mol. The smallest absolute Gasteiger partial charge is 0.279 e. The van der Waals surface area contributed by atoms with Gasteiger partial charge in [-0.3, -0.25) is 0 Å². The molecule has 1 N–H and O–H groups in total. The molecule has 0 amide bonds. The molecule has 2 aromatic carbocycles. The molecule has 1 aromatic heterocycles. The number of aliphatic hydroxyl groups is 1. The van der Waals surface area contributed by atoms with E-state index in [0.29, 0.717) is 28.7 Å². The van der Waals surface area contributed by atoms with E-state index in [4.69, 9.17) is 23.2 Å². The van der Waals surface area contributed by atoms with Gasteiger partial charge in [-0.2, -0.15) is 0 Å². The molecule has 0 saturated heterocycles. The van der Waals surface area contributed by atoms with E-state index < -0.39 is 5.72 Å². The molecule has 1 unspecified atom stereocenters. The minimum atomic E-state index is -1.24. The standard InChI is InChI=1S/C20H17Cl2N2O.BrH/c21-16-9-10-17(18(22)12-16)20(25)14-23-11-5-4-8-19(23)24(20)13-15-6-2-1-3-7-15;/h1-12,25H,13-14H2;1H/q+1;/p-1. The SMILES string of the molecule is OC1(c2ccc(Cl)cc2Cl)C[n+]2ccccc2N1Cc1ccccc1.[Br-]. The molecular formula is C20H17BrCl2N2O. The lowest BCUT2D eigenvalue weighted by Gasteiger charge is -2.28. The Balaban J connectivity index is 0.00000196. The maximum Gasteiger partial charge on any atom is 0.279 e. The second kappa shape index (κ2) is 7.57. The van der Waals surface area contributed by atoms with Gasteiger partial charge in [0, 0.05) is 11.1 Å². The quantitative estimate of drug-likeness (QED) is 0.605. The maximum atomic E-state index is 11.7. The van der Waals surface area contributed by atoms with Gasteiger partial charge in [0.2, 0.25) is 0 Å². The molecule has 0 saturated carbocycles. The molecule has 0 spiro atoms. The Morgan fingerprint density at radius 3 is 2.46 bits per heavy atom. The molecule has 134 valence electrons. The van der Waals surface area contributed by atoms with Crippen molar-refractivity contribution < 1.29 is 26.7 Å². The van der Waals surface area contributed by atoms with Crippen LogP contribution in [0.15, 0.2) is 72.9 Å². The number of hydrogen-bond acceptors (Lipinski definition) is 2. The van der Waals surface area contributed by atoms with E-state index in [9.17, 15) is 5.11 Å². The molecule has 4 rings (SSSR count). The lowest BCUT2D eigenvalue weighted by Crippen LogP contribution is -3.00. The first-order valence-electron chi connectivity index (χ1n) is 8.06. The fourth-order valence-electron chi connectivity index (χ4n) is 3.38. The molecule has 0 aliphatic carbocycles. The number of anilines is 1. The average molecular weight is 452 g/mol. The van der Waals surface area contributed by atoms with Gasteiger partial charge in [-0.05, 0) is 29.8 Å². The van der Waals surface area contributed by atoms with Gasteiger partial charge in [0.25, 0.3) is 11.5 Å². The number of benzene rings is 2. The van der Waals surface area contributed by atoms with E-state index in [2.05, 4.69) is 12.1 Å². The van der Waals surface area contributed by atoms with Crippen molar-refractivity contribution in [2.75, 3.05) is 4.90 Å². The van der Waals surface area contributed by atoms with Gasteiger partial charge in [0.1, 0.15) is 6.54 Å². The summed E-state index contributed by atoms with van der Waals surface area (Å²) < 4.78 is 2.04. The highest BCUT2D eigenvalue weighted by molar-refractivity contribution is 6.35. The summed E-state index contributed by atoms with van der Waals surface area (Å²) in [6.07, 6.45) is 1.97. The van der Waals surface area contributed by atoms with E-state index in [1.54, 1.807) is 18.2 Å². The average Bonchev–Trinajstić information content (AvgIpc) is 2.88. The number of aromatic nitrogens is 1. The predicted octanol–water partition coefficient (Wildman–Crippen LogP) is 1.15. The molecule has 1 atom stereocenters. The van der Waals surface area contributed by atoms with E-state index >= 15 is 0 Å². The summed E-state index contributed by atoms with van der Waals surface area (Å²) in [6.45, 7) is 0.970. The number of nitrogens with zero attached hydrogens (tertiary/aromatic N) is 2. The van der Waals surface area contributed by atoms with Crippen LogP contribution in [0.1, 0.15) is 11.1 Å². The summed E-state index contributed by atoms with van der Waals surface area (Å²) in [5.41, 5.74) is 0.521. The van der Waals surface area contributed by atoms with Gasteiger partial charge >= 0.3 is 0 Å². The van der Waals surface area contributed by atoms with Gasteiger partial charge in [-0.25, -0.2) is 9.47 Å². The van der Waals surface area contributed by atoms with Crippen LogP contribution in [0.4, 0.5) is 5.82 Å². The second-order valence-electron chi connectivity index (χ2n) is 6.20. The zero-order valence-corrected chi connectivity index (χ0v) is 16.9. The van der Waals surface area contributed by atoms with Crippen molar-refractivity contribution >= 4 is 29.0 Å². The topological polar surface area (TPSA) is 27.4 Å². The van der Waals surface area contributed by atoms with Crippen LogP contribution in [0.2, 0.25) is 10.0 Å². The number of hydrogen-bond donors (Lipinski definition) is 1. The van der Waals surface area contributed by atoms with Gasteiger partial charge < -0.3 is 22.1 Å². The molecule has 26 heavy (non-hydrogen) atoms. The highest BCUT2D eigenvalue weighted by Gasteiger charge is 2.52. The van der Waals surface area contributed by atoms with Crippen molar-refractivity contribution in [1.82, 2.24) is 0 Å². The number of halogens is 3. The number of pyridine rings is 1. The number of fused-ring (bicyclic) bond motifs is 1. The maximum absolute atomic E-state index is 11.7. The zero-order valence-electron chi connectivity index (χ0n) is 13.8. The normalized spacial score (nSPS) is 18.3. The first-order chi connectivity index (χ1) is 12.1. The highest BCUT2D eigenvalue weighted by atomic mass is 79.9. The Morgan fingerprint density at radius 2 is 1.73 bits per heavy atom. The minimum Gasteiger partial charge on any atom is -1.00 e. The molecule has 3 nitrogen and oxygen atoms in total. The van der Waals surface area contributed by atoms with Crippen molar-refractivity contribution in [3.8, 4) is 0 Å². The van der Waals surface area contributed by atoms with Crippen LogP contribution in [-0.2, 0) is 18.8 Å². The Hall–Kier alpha value is -1.59. The fraction of sp³-hybridized carbons (Fsp3) is 0.150. The largest absolute Gasteiger partial charge is 1.00 e. The summed E-state index contributed by atoms with van der Waals surface area (Å²) in [7, 11) is 0. The second-order valence-corrected chi connectivity index (χ2v) is 7.04. The highest BCUT2D eigenvalue weighted by Crippen LogP contribution is 2.39. The molecule has 0 radical (unpaired) electrons. The van der Waals surface area contributed by atoms with Crippen molar-refractivity contribution in [3.05, 3.63) is 94.1 Å². The molecule has 0 bridgehead atoms. The van der Waals surface area contributed by atoms with E-state index in [0.717, 1.165) is 11.4 Å². The first kappa shape index (κ1) is 19.2. The van der Waals surface area contributed by atoms with Crippen LogP contribution in [0.25, 0.3) is 0 Å². The van der Waals surface area contributed by atoms with Gasteiger partial charge in [-0.15, -0.1) is 0 Å². The summed E-state index contributed by atoms with van der Waals surface area (Å²) in [5.74, 6) is 0.944. The van der Waals surface area contributed by atoms with E-state index in [1.807, 2.05) is 52.1 Å². The third-order valence-corrected chi connectivity index (χ3v) is 5.12. The van der Waals surface area contributed by atoms with Crippen LogP contribution in [-0.4, -0.2) is 5.11 Å². The van der Waals surface area contributed by atoms with Crippen LogP contribution in [0.3, 0.4) is 0 Å². The van der Waals surface area contributed by atoms with Crippen molar-refractivity contribution in [2.24, 2.45) is 0 Å². The Labute approximate surface area is 173 Å². The zero-order chi connectivity index (χ0) is 17.4. The molecule has 2 heterocycles. The van der Waals surface area contributed by atoms with Crippen molar-refractivity contribution in [1.29, 1.82) is 0 Å². The van der Waals surface area contributed by atoms with Crippen LogP contribution >= 0.6 is 23.2 Å². The van der Waals surface area contributed by atoms with Crippen LogP contribution in [0.5, 0.6) is 0 Å². The molecule has 1 aliphatic heterocycles. The summed E-state index contributed by atoms with van der Waals surface area (Å²) in [4.78, 5) is 1.98. The predicted molar refractivity (Wildman–Crippen MR) is 99.6 cm³/mol. The fourth-order valence-corrected chi connectivity index (χ4v) is 3.94. The van der Waals surface area contributed by atoms with Gasteiger partial charge in [-0.1, -0.05) is 59.6 Å². The van der Waals surface area contributed by atoms with E-state index in [1.165, 1.54) is 0 Å². The van der Waals surface area contributed by atoms with Gasteiger partial charge in [0.15, 0.2) is 6.54 Å². The molecular weight excluding hydrogens is 435 g/mol. The molecule has 1 aliphatic rings.